The Kier molecular flexibility index (Phi) is 5.37. The Morgan fingerprint density at radius 3 is 1.87 bits per heavy atom. The fourth-order valence-corrected chi connectivity index (χ4v) is 0.875. The van der Waals surface area contributed by atoms with E-state index in [1.807, 2.05) is 0 Å². The van der Waals surface area contributed by atoms with Gasteiger partial charge in [-0.3, -0.25) is 14.9 Å². The van der Waals surface area contributed by atoms with Gasteiger partial charge in [0.2, 0.25) is 5.91 Å². The van der Waals surface area contributed by atoms with Gasteiger partial charge in [-0.2, -0.15) is 0 Å². The smallest absolute Gasteiger partial charge is 0.258 e. The highest BCUT2D eigenvalue weighted by molar-refractivity contribution is 5.96. The van der Waals surface area contributed by atoms with Crippen molar-refractivity contribution in [1.29, 1.82) is 0 Å². The average Bonchev–Trinajstić information content (AvgIpc) is 2.13. The Bertz CT molecular complexity index is 241. The number of carbonyl (C=O) groups excluding carboxylic acids is 2. The van der Waals surface area contributed by atoms with Crippen molar-refractivity contribution in [3.05, 3.63) is 0 Å². The summed E-state index contributed by atoms with van der Waals surface area (Å²) in [7, 11) is 0. The lowest BCUT2D eigenvalue weighted by Crippen LogP contribution is -2.51. The van der Waals surface area contributed by atoms with Crippen molar-refractivity contribution >= 4 is 11.8 Å². The Labute approximate surface area is 86.3 Å². The van der Waals surface area contributed by atoms with Gasteiger partial charge in [0.25, 0.3) is 5.91 Å². The van der Waals surface area contributed by atoms with Crippen molar-refractivity contribution in [2.24, 2.45) is 0 Å². The van der Waals surface area contributed by atoms with Crippen LogP contribution < -0.4 is 5.32 Å². The molecule has 0 saturated carbocycles. The summed E-state index contributed by atoms with van der Waals surface area (Å²) in [6.07, 6.45) is -6.81. The molecule has 0 aromatic heterocycles. The molecule has 0 spiro atoms. The summed E-state index contributed by atoms with van der Waals surface area (Å²) in [5.41, 5.74) is 0. The van der Waals surface area contributed by atoms with Gasteiger partial charge in [-0.15, -0.1) is 0 Å². The second-order valence-electron chi connectivity index (χ2n) is 3.21. The molecule has 0 aromatic carbocycles. The van der Waals surface area contributed by atoms with E-state index in [9.17, 15) is 14.7 Å². The number of carbonyl (C=O) groups is 2. The van der Waals surface area contributed by atoms with E-state index in [4.69, 9.17) is 15.3 Å². The maximum Gasteiger partial charge on any atom is 0.258 e. The lowest BCUT2D eigenvalue weighted by molar-refractivity contribution is -0.148. The number of imide groups is 1. The zero-order valence-electron chi connectivity index (χ0n) is 8.41. The minimum atomic E-state index is -1.97. The van der Waals surface area contributed by atoms with Crippen molar-refractivity contribution in [3.63, 3.8) is 0 Å². The molecule has 2 amide bonds. The van der Waals surface area contributed by atoms with Gasteiger partial charge in [-0.1, -0.05) is 0 Å². The predicted octanol–water partition coefficient (Wildman–Crippen LogP) is -2.89. The normalized spacial score (nSPS) is 18.8. The SMILES string of the molecule is CC(=O)NC(=O)[C@H](O)[C@@H](O)[C@@H](O)[C@@H](C)O. The Hall–Kier alpha value is -1.02. The molecule has 0 rings (SSSR count). The number of amides is 2. The molecular formula is C8H15NO6. The summed E-state index contributed by atoms with van der Waals surface area (Å²) >= 11 is 0. The Balaban J connectivity index is 4.36. The van der Waals surface area contributed by atoms with Crippen LogP contribution in [0.25, 0.3) is 0 Å². The maximum absolute atomic E-state index is 11.0. The topological polar surface area (TPSA) is 127 Å². The van der Waals surface area contributed by atoms with E-state index in [1.165, 1.54) is 6.92 Å². The van der Waals surface area contributed by atoms with E-state index in [1.54, 1.807) is 5.32 Å². The first-order valence-corrected chi connectivity index (χ1v) is 4.31. The summed E-state index contributed by atoms with van der Waals surface area (Å²) in [6.45, 7) is 2.24. The Morgan fingerprint density at radius 1 is 1.07 bits per heavy atom. The quantitative estimate of drug-likeness (QED) is 0.347. The van der Waals surface area contributed by atoms with Gasteiger partial charge < -0.3 is 20.4 Å². The minimum Gasteiger partial charge on any atom is -0.391 e. The molecule has 15 heavy (non-hydrogen) atoms. The van der Waals surface area contributed by atoms with Crippen LogP contribution in [0.1, 0.15) is 13.8 Å². The molecule has 0 saturated heterocycles. The van der Waals surface area contributed by atoms with Crippen LogP contribution in [0.4, 0.5) is 0 Å². The van der Waals surface area contributed by atoms with E-state index < -0.39 is 36.2 Å². The van der Waals surface area contributed by atoms with Crippen LogP contribution in [-0.2, 0) is 9.59 Å². The lowest BCUT2D eigenvalue weighted by atomic mass is 10.0. The molecule has 0 radical (unpaired) electrons. The third-order valence-electron chi connectivity index (χ3n) is 1.74. The molecule has 0 aromatic rings. The molecule has 0 bridgehead atoms. The number of hydrogen-bond donors (Lipinski definition) is 5. The van der Waals surface area contributed by atoms with Crippen molar-refractivity contribution < 1.29 is 30.0 Å². The standard InChI is InChI=1S/C8H15NO6/c1-3(10)5(12)6(13)7(14)8(15)9-4(2)11/h3,5-7,10,12-14H,1-2H3,(H,9,11,15)/t3-,5+,6+,7-/m1/s1. The molecule has 5 N–H and O–H groups in total. The molecule has 0 heterocycles. The number of aliphatic hydroxyl groups is 4. The largest absolute Gasteiger partial charge is 0.391 e. The molecule has 4 atom stereocenters. The predicted molar refractivity (Wildman–Crippen MR) is 48.5 cm³/mol. The third-order valence-corrected chi connectivity index (χ3v) is 1.74. The number of nitrogens with one attached hydrogen (secondary N) is 1. The first-order chi connectivity index (χ1) is 6.77. The summed E-state index contributed by atoms with van der Waals surface area (Å²) in [5, 5.41) is 38.1. The summed E-state index contributed by atoms with van der Waals surface area (Å²) < 4.78 is 0. The van der Waals surface area contributed by atoms with Crippen molar-refractivity contribution in [2.75, 3.05) is 0 Å². The minimum absolute atomic E-state index is 0.696. The van der Waals surface area contributed by atoms with Gasteiger partial charge in [0.15, 0.2) is 6.10 Å². The monoisotopic (exact) mass is 221 g/mol. The van der Waals surface area contributed by atoms with E-state index in [-0.39, 0.29) is 0 Å². The van der Waals surface area contributed by atoms with Gasteiger partial charge in [0.05, 0.1) is 6.10 Å². The first kappa shape index (κ1) is 14.0. The van der Waals surface area contributed by atoms with Crippen LogP contribution in [0.15, 0.2) is 0 Å². The zero-order chi connectivity index (χ0) is 12.2. The second-order valence-corrected chi connectivity index (χ2v) is 3.21. The zero-order valence-corrected chi connectivity index (χ0v) is 8.41. The molecule has 0 aliphatic rings. The highest BCUT2D eigenvalue weighted by atomic mass is 16.4. The lowest BCUT2D eigenvalue weighted by Gasteiger charge is -2.23. The molecular weight excluding hydrogens is 206 g/mol. The highest BCUT2D eigenvalue weighted by Gasteiger charge is 2.32. The Morgan fingerprint density at radius 2 is 1.53 bits per heavy atom. The van der Waals surface area contributed by atoms with Gasteiger partial charge in [0.1, 0.15) is 12.2 Å². The van der Waals surface area contributed by atoms with Gasteiger partial charge in [-0.05, 0) is 6.92 Å². The van der Waals surface area contributed by atoms with E-state index in [2.05, 4.69) is 0 Å². The van der Waals surface area contributed by atoms with Crippen LogP contribution in [0.2, 0.25) is 0 Å². The average molecular weight is 221 g/mol. The molecule has 88 valence electrons. The molecule has 0 unspecified atom stereocenters. The third kappa shape index (κ3) is 4.34. The van der Waals surface area contributed by atoms with Crippen molar-refractivity contribution in [2.45, 2.75) is 38.3 Å². The first-order valence-electron chi connectivity index (χ1n) is 4.31. The molecule has 0 aliphatic heterocycles. The van der Waals surface area contributed by atoms with Gasteiger partial charge in [0, 0.05) is 6.92 Å². The fourth-order valence-electron chi connectivity index (χ4n) is 0.875. The summed E-state index contributed by atoms with van der Waals surface area (Å²) in [4.78, 5) is 21.4. The van der Waals surface area contributed by atoms with E-state index in [0.717, 1.165) is 6.92 Å². The summed E-state index contributed by atoms with van der Waals surface area (Å²) in [5.74, 6) is -1.83. The molecule has 0 fully saturated rings. The van der Waals surface area contributed by atoms with Crippen molar-refractivity contribution in [3.8, 4) is 0 Å². The number of hydrogen-bond acceptors (Lipinski definition) is 6. The van der Waals surface area contributed by atoms with Gasteiger partial charge >= 0.3 is 0 Å². The molecule has 7 heteroatoms. The second kappa shape index (κ2) is 5.76. The fraction of sp³-hybridized carbons (Fsp3) is 0.750. The number of rotatable bonds is 4. The van der Waals surface area contributed by atoms with Crippen LogP contribution in [0.5, 0.6) is 0 Å². The molecule has 0 aliphatic carbocycles. The highest BCUT2D eigenvalue weighted by Crippen LogP contribution is 2.04. The van der Waals surface area contributed by atoms with Crippen LogP contribution in [-0.4, -0.2) is 56.7 Å². The van der Waals surface area contributed by atoms with E-state index >= 15 is 0 Å². The maximum atomic E-state index is 11.0. The number of aliphatic hydroxyl groups excluding tert-OH is 4. The van der Waals surface area contributed by atoms with Crippen LogP contribution >= 0.6 is 0 Å². The van der Waals surface area contributed by atoms with Crippen molar-refractivity contribution in [1.82, 2.24) is 5.32 Å². The van der Waals surface area contributed by atoms with E-state index in [0.29, 0.717) is 0 Å². The van der Waals surface area contributed by atoms with Crippen LogP contribution in [0.3, 0.4) is 0 Å². The van der Waals surface area contributed by atoms with Crippen LogP contribution in [0, 0.1) is 0 Å². The molecule has 7 nitrogen and oxygen atoms in total. The van der Waals surface area contributed by atoms with Gasteiger partial charge in [-0.25, -0.2) is 0 Å². The summed E-state index contributed by atoms with van der Waals surface area (Å²) in [6, 6.07) is 0.